The van der Waals surface area contributed by atoms with Gasteiger partial charge in [-0.3, -0.25) is 4.79 Å². The molecule has 0 amide bonds. The summed E-state index contributed by atoms with van der Waals surface area (Å²) in [6.07, 6.45) is 14.2. The van der Waals surface area contributed by atoms with Crippen molar-refractivity contribution in [2.45, 2.75) is 129 Å². The molecule has 0 spiro atoms. The number of ether oxygens (including phenoxy) is 3. The molecule has 0 heterocycles. The highest BCUT2D eigenvalue weighted by atomic mass is 16.5. The molecule has 11 atom stereocenters. The molecule has 0 saturated heterocycles. The van der Waals surface area contributed by atoms with Crippen LogP contribution in [0.2, 0.25) is 0 Å². The third kappa shape index (κ3) is 6.84. The summed E-state index contributed by atoms with van der Waals surface area (Å²) in [6.45, 7) is 13.2. The number of unbranched alkanes of at least 4 members (excludes halogenated alkanes) is 1. The van der Waals surface area contributed by atoms with Gasteiger partial charge in [-0.15, -0.1) is 0 Å². The van der Waals surface area contributed by atoms with Gasteiger partial charge in [-0.2, -0.15) is 0 Å². The first-order chi connectivity index (χ1) is 19.7. The molecule has 0 aliphatic heterocycles. The highest BCUT2D eigenvalue weighted by Gasteiger charge is 2.66. The second-order valence-corrected chi connectivity index (χ2v) is 14.6. The molecule has 7 heteroatoms. The van der Waals surface area contributed by atoms with Gasteiger partial charge in [0.25, 0.3) is 0 Å². The number of hydrogen-bond donors (Lipinski definition) is 3. The molecule has 0 aromatic rings. The molecule has 0 aromatic heterocycles. The normalized spacial score (nSPS) is 40.9. The fraction of sp³-hybridized carbons (Fsp3) is 0.971. The second-order valence-electron chi connectivity index (χ2n) is 14.6. The topological polar surface area (TPSA) is 123 Å². The van der Waals surface area contributed by atoms with Gasteiger partial charge in [0.05, 0.1) is 18.6 Å². The average Bonchev–Trinajstić information content (AvgIpc) is 3.31. The molecule has 4 fully saturated rings. The number of fused-ring (bicyclic) bond motifs is 5. The zero-order valence-electron chi connectivity index (χ0n) is 26.8. The van der Waals surface area contributed by atoms with E-state index in [2.05, 4.69) is 27.7 Å². The van der Waals surface area contributed by atoms with Crippen LogP contribution < -0.4 is 17.2 Å². The lowest BCUT2D eigenvalue weighted by Crippen LogP contribution is -2.63. The number of esters is 1. The number of carbonyl (C=O) groups is 1. The van der Waals surface area contributed by atoms with Gasteiger partial charge in [-0.05, 0) is 112 Å². The van der Waals surface area contributed by atoms with E-state index in [9.17, 15) is 4.79 Å². The van der Waals surface area contributed by atoms with Crippen molar-refractivity contribution in [2.24, 2.45) is 63.5 Å². The Bertz CT molecular complexity index is 828. The lowest BCUT2D eigenvalue weighted by Gasteiger charge is -2.64. The highest BCUT2D eigenvalue weighted by Crippen LogP contribution is 2.69. The van der Waals surface area contributed by atoms with Crippen molar-refractivity contribution in [1.82, 2.24) is 0 Å². The number of hydrogen-bond acceptors (Lipinski definition) is 7. The Kier molecular flexibility index (Phi) is 12.0. The molecule has 4 rings (SSSR count). The lowest BCUT2D eigenvalue weighted by atomic mass is 9.43. The molecule has 7 nitrogen and oxygen atoms in total. The van der Waals surface area contributed by atoms with Crippen molar-refractivity contribution in [2.75, 3.05) is 32.8 Å². The number of rotatable bonds is 15. The van der Waals surface area contributed by atoms with Crippen molar-refractivity contribution in [3.63, 3.8) is 0 Å². The third-order valence-electron chi connectivity index (χ3n) is 12.5. The molecule has 41 heavy (non-hydrogen) atoms. The smallest absolute Gasteiger partial charge is 0.307 e. The monoisotopic (exact) mass is 577 g/mol. The molecule has 4 saturated carbocycles. The van der Waals surface area contributed by atoms with E-state index in [1.807, 2.05) is 0 Å². The Balaban J connectivity index is 1.65. The van der Waals surface area contributed by atoms with E-state index < -0.39 is 0 Å². The minimum absolute atomic E-state index is 0.00546. The Labute approximate surface area is 250 Å². The van der Waals surface area contributed by atoms with Gasteiger partial charge < -0.3 is 31.4 Å². The maximum Gasteiger partial charge on any atom is 0.307 e. The Morgan fingerprint density at radius 1 is 0.902 bits per heavy atom. The molecule has 4 aliphatic carbocycles. The highest BCUT2D eigenvalue weighted by molar-refractivity contribution is 5.69. The maximum absolute atomic E-state index is 12.3. The van der Waals surface area contributed by atoms with Crippen LogP contribution in [-0.2, 0) is 19.0 Å². The van der Waals surface area contributed by atoms with Gasteiger partial charge in [-0.1, -0.05) is 47.0 Å². The van der Waals surface area contributed by atoms with E-state index in [4.69, 9.17) is 31.4 Å². The van der Waals surface area contributed by atoms with Gasteiger partial charge in [-0.25, -0.2) is 0 Å². The fourth-order valence-corrected chi connectivity index (χ4v) is 10.3. The first-order valence-corrected chi connectivity index (χ1v) is 17.3. The number of nitrogens with two attached hydrogens (primary N) is 3. The Morgan fingerprint density at radius 2 is 1.63 bits per heavy atom. The van der Waals surface area contributed by atoms with E-state index >= 15 is 0 Å². The summed E-state index contributed by atoms with van der Waals surface area (Å²) in [7, 11) is 0. The molecule has 0 unspecified atom stereocenters. The van der Waals surface area contributed by atoms with E-state index in [-0.39, 0.29) is 35.1 Å². The van der Waals surface area contributed by atoms with E-state index in [1.165, 1.54) is 32.1 Å². The molecule has 4 aliphatic rings. The van der Waals surface area contributed by atoms with Crippen LogP contribution in [0.3, 0.4) is 0 Å². The summed E-state index contributed by atoms with van der Waals surface area (Å²) >= 11 is 0. The fourth-order valence-electron chi connectivity index (χ4n) is 10.3. The predicted molar refractivity (Wildman–Crippen MR) is 165 cm³/mol. The van der Waals surface area contributed by atoms with Gasteiger partial charge in [0.1, 0.15) is 6.10 Å². The van der Waals surface area contributed by atoms with Gasteiger partial charge in [0, 0.05) is 25.2 Å². The van der Waals surface area contributed by atoms with Crippen LogP contribution in [0.4, 0.5) is 0 Å². The largest absolute Gasteiger partial charge is 0.462 e. The van der Waals surface area contributed by atoms with Crippen molar-refractivity contribution < 1.29 is 19.0 Å². The van der Waals surface area contributed by atoms with Crippen LogP contribution in [0, 0.1) is 46.3 Å². The van der Waals surface area contributed by atoms with Crippen molar-refractivity contribution in [1.29, 1.82) is 0 Å². The molecule has 238 valence electrons. The quantitative estimate of drug-likeness (QED) is 0.175. The molecular weight excluding hydrogens is 514 g/mol. The number of carbonyl (C=O) groups excluding carboxylic acids is 1. The van der Waals surface area contributed by atoms with Crippen LogP contribution in [0.15, 0.2) is 0 Å². The van der Waals surface area contributed by atoms with Crippen molar-refractivity contribution >= 4 is 5.97 Å². The summed E-state index contributed by atoms with van der Waals surface area (Å²) in [6, 6.07) is 0. The zero-order valence-corrected chi connectivity index (χ0v) is 26.8. The van der Waals surface area contributed by atoms with Crippen LogP contribution in [0.5, 0.6) is 0 Å². The van der Waals surface area contributed by atoms with Gasteiger partial charge in [0.2, 0.25) is 0 Å². The van der Waals surface area contributed by atoms with Crippen LogP contribution in [0.1, 0.15) is 111 Å². The van der Waals surface area contributed by atoms with E-state index in [0.29, 0.717) is 61.6 Å². The van der Waals surface area contributed by atoms with Gasteiger partial charge >= 0.3 is 5.97 Å². The van der Waals surface area contributed by atoms with Crippen LogP contribution in [-0.4, -0.2) is 57.1 Å². The van der Waals surface area contributed by atoms with Crippen LogP contribution in [0.25, 0.3) is 0 Å². The first kappa shape index (κ1) is 33.2. The summed E-state index contributed by atoms with van der Waals surface area (Å²) in [5, 5.41) is 0. The minimum Gasteiger partial charge on any atom is -0.462 e. The SMILES string of the molecule is CCCC[C@@H](C)[C@H]1CC[C@H]2[C@@H]3[C@H](OCCCN)C[C@@H]4C[C@H](OC(=O)CCN)CC[C@]4(C)[C@H]3C[C@H](OCCCN)[C@]12C. The molecule has 6 N–H and O–H groups in total. The Morgan fingerprint density at radius 3 is 2.32 bits per heavy atom. The standard InChI is InChI=1S/C34H63N3O4/c1-5-6-9-23(2)26-10-11-27-32-28(22-30(34(26,27)4)40-19-8-16-36)33(3)14-12-25(41-31(38)13-17-37)20-24(33)21-29(32)39-18-7-15-35/h23-30,32H,5-22,35-37H2,1-4H3/t23-,24+,25-,26-,27+,28+,29-,30+,32+,33+,34-/m1/s1. The molecular formula is C34H63N3O4. The summed E-state index contributed by atoms with van der Waals surface area (Å²) in [5.41, 5.74) is 17.8. The molecule has 0 aromatic carbocycles. The lowest BCUT2D eigenvalue weighted by molar-refractivity contribution is -0.227. The Hall–Kier alpha value is -0.730. The first-order valence-electron chi connectivity index (χ1n) is 17.3. The summed E-state index contributed by atoms with van der Waals surface area (Å²) in [5.74, 6) is 3.44. The zero-order chi connectivity index (χ0) is 29.6. The average molecular weight is 578 g/mol. The van der Waals surface area contributed by atoms with Crippen molar-refractivity contribution in [3.05, 3.63) is 0 Å². The summed E-state index contributed by atoms with van der Waals surface area (Å²) in [4.78, 5) is 12.3. The predicted octanol–water partition coefficient (Wildman–Crippen LogP) is 5.42. The second kappa shape index (κ2) is 14.8. The maximum atomic E-state index is 12.3. The molecule has 0 bridgehead atoms. The van der Waals surface area contributed by atoms with Gasteiger partial charge in [0.15, 0.2) is 0 Å². The van der Waals surface area contributed by atoms with E-state index in [0.717, 1.165) is 58.2 Å². The molecule has 0 radical (unpaired) electrons. The van der Waals surface area contributed by atoms with Crippen molar-refractivity contribution in [3.8, 4) is 0 Å². The van der Waals surface area contributed by atoms with E-state index in [1.54, 1.807) is 0 Å². The van der Waals surface area contributed by atoms with Crippen LogP contribution >= 0.6 is 0 Å². The summed E-state index contributed by atoms with van der Waals surface area (Å²) < 4.78 is 19.7. The minimum atomic E-state index is -0.151. The third-order valence-corrected chi connectivity index (χ3v) is 12.5.